The number of aromatic nitrogens is 2. The maximum atomic E-state index is 15.2. The lowest BCUT2D eigenvalue weighted by molar-refractivity contribution is -0.111. The minimum Gasteiger partial charge on any atom is -0.491 e. The van der Waals surface area contributed by atoms with Gasteiger partial charge in [0.05, 0.1) is 29.5 Å². The van der Waals surface area contributed by atoms with Crippen molar-refractivity contribution in [3.8, 4) is 17.1 Å². The molecular formula is C29H38F3N5O3. The third kappa shape index (κ3) is 6.41. The molecule has 1 atom stereocenters. The van der Waals surface area contributed by atoms with Gasteiger partial charge < -0.3 is 20.5 Å². The Morgan fingerprint density at radius 3 is 2.58 bits per heavy atom. The number of halogens is 3. The number of carbonyl (C=O) groups excluding carboxylic acids is 1. The fraction of sp³-hybridized carbons (Fsp3) is 0.552. The number of carbonyl (C=O) groups is 1. The molecule has 0 unspecified atom stereocenters. The molecular weight excluding hydrogens is 523 g/mol. The predicted octanol–water partition coefficient (Wildman–Crippen LogP) is 4.19. The van der Waals surface area contributed by atoms with Gasteiger partial charge in [0, 0.05) is 36.3 Å². The molecule has 1 spiro atoms. The summed E-state index contributed by atoms with van der Waals surface area (Å²) in [7, 11) is 0. The van der Waals surface area contributed by atoms with Gasteiger partial charge in [-0.3, -0.25) is 9.69 Å². The minimum absolute atomic E-state index is 0.0617. The van der Waals surface area contributed by atoms with Crippen LogP contribution in [0.3, 0.4) is 0 Å². The smallest absolute Gasteiger partial charge is 0.251 e. The number of likely N-dealkylation sites (tertiary alicyclic amines) is 1. The largest absolute Gasteiger partial charge is 0.491 e. The van der Waals surface area contributed by atoms with Crippen molar-refractivity contribution < 1.29 is 27.8 Å². The van der Waals surface area contributed by atoms with Crippen molar-refractivity contribution in [2.45, 2.75) is 59.5 Å². The molecule has 2 aromatic rings. The second-order valence-corrected chi connectivity index (χ2v) is 11.1. The average Bonchev–Trinajstić information content (AvgIpc) is 3.27. The number of ketones is 1. The zero-order chi connectivity index (χ0) is 29.2. The van der Waals surface area contributed by atoms with Gasteiger partial charge in [0.2, 0.25) is 0 Å². The second-order valence-electron chi connectivity index (χ2n) is 11.1. The fourth-order valence-electron chi connectivity index (χ4n) is 5.73. The van der Waals surface area contributed by atoms with Crippen LogP contribution in [-0.4, -0.2) is 77.6 Å². The van der Waals surface area contributed by atoms with E-state index in [2.05, 4.69) is 4.98 Å². The maximum absolute atomic E-state index is 15.2. The van der Waals surface area contributed by atoms with Gasteiger partial charge in [-0.15, -0.1) is 0 Å². The molecule has 8 nitrogen and oxygen atoms in total. The third-order valence-corrected chi connectivity index (χ3v) is 7.61. The number of aliphatic hydroxyl groups excluding tert-OH is 1. The highest BCUT2D eigenvalue weighted by Gasteiger charge is 2.49. The van der Waals surface area contributed by atoms with Gasteiger partial charge in [-0.2, -0.15) is 0 Å². The Morgan fingerprint density at radius 2 is 1.95 bits per heavy atom. The molecule has 11 heteroatoms. The molecule has 2 saturated heterocycles. The molecule has 0 saturated carbocycles. The van der Waals surface area contributed by atoms with Crippen LogP contribution >= 0.6 is 0 Å². The number of nitrogens with zero attached hydrogens (tertiary/aromatic N) is 4. The van der Waals surface area contributed by atoms with E-state index in [0.717, 1.165) is 12.8 Å². The Balaban J connectivity index is 1.70. The maximum Gasteiger partial charge on any atom is 0.251 e. The highest BCUT2D eigenvalue weighted by molar-refractivity contribution is 6.20. The first-order valence-electron chi connectivity index (χ1n) is 13.7. The number of allylic oxidation sites excluding steroid dienone is 2. The van der Waals surface area contributed by atoms with Crippen molar-refractivity contribution in [1.82, 2.24) is 14.9 Å². The first-order valence-corrected chi connectivity index (χ1v) is 13.7. The van der Waals surface area contributed by atoms with Crippen LogP contribution in [0, 0.1) is 18.2 Å². The lowest BCUT2D eigenvalue weighted by Crippen LogP contribution is -2.58. The number of ether oxygens (including phenoxy) is 1. The van der Waals surface area contributed by atoms with Gasteiger partial charge in [-0.25, -0.2) is 23.1 Å². The SMILES string of the molecule is CCC[C@@H](O)COc1ccc(F)c(-c2nc(C(C(C)=O)=C(C)N)c(C)c(N3CC4(CCN(CC(F)F)C4)C3)n2)c1. The van der Waals surface area contributed by atoms with Gasteiger partial charge in [0.15, 0.2) is 11.6 Å². The Hall–Kier alpha value is -3.18. The number of nitrogens with two attached hydrogens (primary N) is 1. The molecule has 0 aliphatic carbocycles. The van der Waals surface area contributed by atoms with E-state index in [1.54, 1.807) is 18.7 Å². The summed E-state index contributed by atoms with van der Waals surface area (Å²) in [6.45, 7) is 9.00. The van der Waals surface area contributed by atoms with Crippen molar-refractivity contribution in [2.75, 3.05) is 44.2 Å². The second kappa shape index (κ2) is 12.1. The summed E-state index contributed by atoms with van der Waals surface area (Å²) in [6, 6.07) is 4.21. The number of benzene rings is 1. The number of anilines is 1. The number of hydrogen-bond acceptors (Lipinski definition) is 8. The summed E-state index contributed by atoms with van der Waals surface area (Å²) < 4.78 is 46.7. The quantitative estimate of drug-likeness (QED) is 0.394. The van der Waals surface area contributed by atoms with Gasteiger partial charge in [-0.1, -0.05) is 13.3 Å². The number of alkyl halides is 2. The van der Waals surface area contributed by atoms with Crippen molar-refractivity contribution in [3.05, 3.63) is 41.0 Å². The van der Waals surface area contributed by atoms with Gasteiger partial charge in [0.25, 0.3) is 6.43 Å². The number of rotatable bonds is 11. The van der Waals surface area contributed by atoms with Crippen LogP contribution < -0.4 is 15.4 Å². The van der Waals surface area contributed by atoms with Gasteiger partial charge >= 0.3 is 0 Å². The Kier molecular flexibility index (Phi) is 9.04. The summed E-state index contributed by atoms with van der Waals surface area (Å²) in [5, 5.41) is 10.0. The zero-order valence-electron chi connectivity index (χ0n) is 23.5. The van der Waals surface area contributed by atoms with E-state index in [0.29, 0.717) is 55.4 Å². The number of Topliss-reactive ketones (excluding diaryl/α,β-unsaturated/α-hetero) is 1. The van der Waals surface area contributed by atoms with E-state index in [4.69, 9.17) is 15.5 Å². The van der Waals surface area contributed by atoms with Crippen molar-refractivity contribution >= 4 is 17.2 Å². The van der Waals surface area contributed by atoms with E-state index in [9.17, 15) is 18.7 Å². The van der Waals surface area contributed by atoms with Gasteiger partial charge in [0.1, 0.15) is 24.0 Å². The van der Waals surface area contributed by atoms with Crippen molar-refractivity contribution in [2.24, 2.45) is 11.1 Å². The normalized spacial score (nSPS) is 18.2. The monoisotopic (exact) mass is 561 g/mol. The molecule has 40 heavy (non-hydrogen) atoms. The van der Waals surface area contributed by atoms with Crippen LogP contribution in [0.15, 0.2) is 23.9 Å². The highest BCUT2D eigenvalue weighted by atomic mass is 19.3. The lowest BCUT2D eigenvalue weighted by Gasteiger charge is -2.49. The molecule has 1 aromatic carbocycles. The summed E-state index contributed by atoms with van der Waals surface area (Å²) in [4.78, 5) is 25.8. The standard InChI is InChI=1S/C29H38F3N5O3/c1-5-6-20(39)13-40-21-7-8-23(30)22(11-21)27-34-26(25(18(3)33)19(4)38)17(2)28(35-27)37-15-29(16-37)9-10-36(14-29)12-24(31)32/h7-8,11,20,24,39H,5-6,9-10,12-16,33H2,1-4H3/t20-/m1/s1. The lowest BCUT2D eigenvalue weighted by atomic mass is 9.79. The zero-order valence-corrected chi connectivity index (χ0v) is 23.5. The Bertz CT molecular complexity index is 1280. The molecule has 2 aliphatic rings. The number of aliphatic hydroxyl groups is 1. The fourth-order valence-corrected chi connectivity index (χ4v) is 5.73. The summed E-state index contributed by atoms with van der Waals surface area (Å²) >= 11 is 0. The molecule has 0 amide bonds. The summed E-state index contributed by atoms with van der Waals surface area (Å²) in [5.74, 6) is 0.115. The molecule has 218 valence electrons. The van der Waals surface area contributed by atoms with Crippen LogP contribution in [0.25, 0.3) is 17.0 Å². The summed E-state index contributed by atoms with van der Waals surface area (Å²) in [5.41, 5.74) is 7.54. The van der Waals surface area contributed by atoms with Crippen LogP contribution in [0.1, 0.15) is 51.3 Å². The van der Waals surface area contributed by atoms with Crippen molar-refractivity contribution in [3.63, 3.8) is 0 Å². The van der Waals surface area contributed by atoms with E-state index in [-0.39, 0.29) is 47.0 Å². The van der Waals surface area contributed by atoms with Crippen LogP contribution in [0.4, 0.5) is 19.0 Å². The van der Waals surface area contributed by atoms with Crippen LogP contribution in [-0.2, 0) is 4.79 Å². The minimum atomic E-state index is -2.37. The molecule has 4 rings (SSSR count). The van der Waals surface area contributed by atoms with Gasteiger partial charge in [-0.05, 0) is 58.4 Å². The van der Waals surface area contributed by atoms with Crippen molar-refractivity contribution in [1.29, 1.82) is 0 Å². The summed E-state index contributed by atoms with van der Waals surface area (Å²) in [6.07, 6.45) is -0.831. The average molecular weight is 562 g/mol. The first kappa shape index (κ1) is 29.8. The highest BCUT2D eigenvalue weighted by Crippen LogP contribution is 2.43. The number of hydrogen-bond donors (Lipinski definition) is 2. The van der Waals surface area contributed by atoms with E-state index < -0.39 is 18.3 Å². The van der Waals surface area contributed by atoms with E-state index in [1.165, 1.54) is 25.1 Å². The van der Waals surface area contributed by atoms with E-state index >= 15 is 4.39 Å². The Labute approximate surface area is 233 Å². The molecule has 0 bridgehead atoms. The van der Waals surface area contributed by atoms with E-state index in [1.807, 2.05) is 11.8 Å². The molecule has 3 heterocycles. The Morgan fingerprint density at radius 1 is 1.23 bits per heavy atom. The van der Waals surface area contributed by atoms with Crippen LogP contribution in [0.2, 0.25) is 0 Å². The molecule has 1 aromatic heterocycles. The third-order valence-electron chi connectivity index (χ3n) is 7.61. The molecule has 2 fully saturated rings. The molecule has 0 radical (unpaired) electrons. The predicted molar refractivity (Wildman–Crippen MR) is 148 cm³/mol. The van der Waals surface area contributed by atoms with Crippen LogP contribution in [0.5, 0.6) is 5.75 Å². The first-order chi connectivity index (χ1) is 18.9. The molecule has 3 N–H and O–H groups in total. The topological polar surface area (TPSA) is 105 Å². The molecule has 2 aliphatic heterocycles.